The van der Waals surface area contributed by atoms with Gasteiger partial charge in [0, 0.05) is 18.4 Å². The van der Waals surface area contributed by atoms with Crippen LogP contribution < -0.4 is 5.73 Å². The number of aliphatic imine (C=N–C) groups is 1. The van der Waals surface area contributed by atoms with Crippen LogP contribution in [0.15, 0.2) is 23.3 Å². The molecule has 1 aliphatic rings. The molecular formula is C16H23N5O2. The summed E-state index contributed by atoms with van der Waals surface area (Å²) in [6, 6.07) is 3.71. The van der Waals surface area contributed by atoms with Crippen molar-refractivity contribution >= 4 is 23.8 Å². The van der Waals surface area contributed by atoms with Crippen LogP contribution in [-0.2, 0) is 4.74 Å². The van der Waals surface area contributed by atoms with Crippen molar-refractivity contribution in [3.63, 3.8) is 0 Å². The molecule has 7 nitrogen and oxygen atoms in total. The molecule has 1 amide bonds. The lowest BCUT2D eigenvalue weighted by Gasteiger charge is -2.28. The number of amidine groups is 1. The van der Waals surface area contributed by atoms with E-state index in [1.807, 2.05) is 39.1 Å². The quantitative estimate of drug-likeness (QED) is 0.589. The van der Waals surface area contributed by atoms with Crippen LogP contribution >= 0.6 is 0 Å². The molecule has 0 saturated heterocycles. The molecule has 4 N–H and O–H groups in total. The molecule has 0 aliphatic carbocycles. The maximum atomic E-state index is 12.2. The average Bonchev–Trinajstić information content (AvgIpc) is 2.96. The fraction of sp³-hybridized carbons (Fsp3) is 0.438. The van der Waals surface area contributed by atoms with Crippen LogP contribution in [0.1, 0.15) is 45.0 Å². The Morgan fingerprint density at radius 2 is 2.22 bits per heavy atom. The minimum atomic E-state index is -0.514. The number of amides is 1. The van der Waals surface area contributed by atoms with Crippen LogP contribution in [-0.4, -0.2) is 40.3 Å². The van der Waals surface area contributed by atoms with Crippen LogP contribution in [0.4, 0.5) is 4.79 Å². The number of H-pyrrole nitrogens is 1. The fourth-order valence-corrected chi connectivity index (χ4v) is 2.30. The van der Waals surface area contributed by atoms with Crippen molar-refractivity contribution in [3.8, 4) is 0 Å². The van der Waals surface area contributed by atoms with Gasteiger partial charge in [-0.15, -0.1) is 0 Å². The number of carbonyl (C=O) groups excluding carboxylic acids is 1. The molecular weight excluding hydrogens is 294 g/mol. The van der Waals surface area contributed by atoms with Crippen LogP contribution in [0, 0.1) is 5.41 Å². The monoisotopic (exact) mass is 317 g/mol. The van der Waals surface area contributed by atoms with Crippen molar-refractivity contribution in [2.75, 3.05) is 6.54 Å². The Morgan fingerprint density at radius 3 is 2.87 bits per heavy atom. The van der Waals surface area contributed by atoms with Gasteiger partial charge in [0.15, 0.2) is 0 Å². The smallest absolute Gasteiger partial charge is 0.414 e. The van der Waals surface area contributed by atoms with Crippen molar-refractivity contribution in [2.24, 2.45) is 10.7 Å². The van der Waals surface area contributed by atoms with E-state index < -0.39 is 5.60 Å². The predicted molar refractivity (Wildman–Crippen MR) is 90.5 cm³/mol. The molecule has 0 aromatic carbocycles. The number of rotatable bonds is 3. The van der Waals surface area contributed by atoms with Gasteiger partial charge in [0.25, 0.3) is 0 Å². The molecule has 0 bridgehead atoms. The van der Waals surface area contributed by atoms with E-state index in [1.54, 1.807) is 4.90 Å². The third-order valence-electron chi connectivity index (χ3n) is 3.30. The van der Waals surface area contributed by atoms with Crippen molar-refractivity contribution in [1.82, 2.24) is 9.88 Å². The zero-order chi connectivity index (χ0) is 17.0. The highest BCUT2D eigenvalue weighted by atomic mass is 16.6. The van der Waals surface area contributed by atoms with Gasteiger partial charge in [-0.25, -0.2) is 9.79 Å². The third kappa shape index (κ3) is 4.45. The Kier molecular flexibility index (Phi) is 4.88. The first kappa shape index (κ1) is 16.8. The summed E-state index contributed by atoms with van der Waals surface area (Å²) in [5.41, 5.74) is 7.79. The highest BCUT2D eigenvalue weighted by molar-refractivity contribution is 6.00. The number of allylic oxidation sites excluding steroid dienone is 1. The highest BCUT2D eigenvalue weighted by Crippen LogP contribution is 2.25. The summed E-state index contributed by atoms with van der Waals surface area (Å²) in [6.45, 7) is 6.19. The summed E-state index contributed by atoms with van der Waals surface area (Å²) >= 11 is 0. The zero-order valence-electron chi connectivity index (χ0n) is 13.7. The third-order valence-corrected chi connectivity index (χ3v) is 3.30. The second kappa shape index (κ2) is 6.68. The van der Waals surface area contributed by atoms with Gasteiger partial charge >= 0.3 is 6.09 Å². The van der Waals surface area contributed by atoms with E-state index in [2.05, 4.69) is 9.98 Å². The maximum absolute atomic E-state index is 12.2. The number of nitrogens with two attached hydrogens (primary N) is 1. The molecule has 2 rings (SSSR count). The van der Waals surface area contributed by atoms with E-state index in [1.165, 1.54) is 0 Å². The Bertz CT molecular complexity index is 652. The van der Waals surface area contributed by atoms with Crippen molar-refractivity contribution in [3.05, 3.63) is 29.7 Å². The Morgan fingerprint density at radius 1 is 1.48 bits per heavy atom. The van der Waals surface area contributed by atoms with Gasteiger partial charge in [0.1, 0.15) is 17.8 Å². The van der Waals surface area contributed by atoms with Gasteiger partial charge in [-0.2, -0.15) is 0 Å². The summed E-state index contributed by atoms with van der Waals surface area (Å²) in [5, 5.41) is 6.95. The molecule has 0 atom stereocenters. The van der Waals surface area contributed by atoms with Crippen LogP contribution in [0.3, 0.4) is 0 Å². The normalized spacial score (nSPS) is 16.0. The second-order valence-corrected chi connectivity index (χ2v) is 6.36. The van der Waals surface area contributed by atoms with E-state index >= 15 is 0 Å². The summed E-state index contributed by atoms with van der Waals surface area (Å²) < 4.78 is 5.40. The summed E-state index contributed by atoms with van der Waals surface area (Å²) in [5.74, 6) is 0.256. The van der Waals surface area contributed by atoms with Crippen LogP contribution in [0.5, 0.6) is 0 Å². The maximum Gasteiger partial charge on any atom is 0.414 e. The minimum Gasteiger partial charge on any atom is -0.443 e. The molecule has 124 valence electrons. The number of aromatic amines is 1. The standard InChI is InChI=1S/C16H23N5O2/c1-16(2,3)23-15(22)21-8-4-5-11(9-21)12-6-7-13(20-12)14(18)19-10-17/h6-7,9-10,20H,4-5,8H2,1-3H3,(H3,17,18,19). The lowest BCUT2D eigenvalue weighted by molar-refractivity contribution is 0.0329. The summed E-state index contributed by atoms with van der Waals surface area (Å²) in [6.07, 6.45) is 4.10. The first-order chi connectivity index (χ1) is 10.8. The number of ether oxygens (including phenoxy) is 1. The Hall–Kier alpha value is -2.57. The highest BCUT2D eigenvalue weighted by Gasteiger charge is 2.24. The second-order valence-electron chi connectivity index (χ2n) is 6.36. The predicted octanol–water partition coefficient (Wildman–Crippen LogP) is 2.70. The molecule has 0 spiro atoms. The van der Waals surface area contributed by atoms with E-state index in [-0.39, 0.29) is 11.9 Å². The summed E-state index contributed by atoms with van der Waals surface area (Å²) in [4.78, 5) is 20.7. The number of nitrogens with one attached hydrogen (secondary N) is 2. The first-order valence-electron chi connectivity index (χ1n) is 7.52. The Balaban J connectivity index is 2.18. The largest absolute Gasteiger partial charge is 0.443 e. The lowest BCUT2D eigenvalue weighted by atomic mass is 10.1. The van der Waals surface area contributed by atoms with E-state index in [0.717, 1.165) is 30.4 Å². The molecule has 2 heterocycles. The van der Waals surface area contributed by atoms with Crippen molar-refractivity contribution in [1.29, 1.82) is 5.41 Å². The molecule has 1 aromatic rings. The van der Waals surface area contributed by atoms with Gasteiger partial charge in [0.05, 0.1) is 5.69 Å². The average molecular weight is 317 g/mol. The molecule has 0 radical (unpaired) electrons. The van der Waals surface area contributed by atoms with Gasteiger partial charge in [0.2, 0.25) is 0 Å². The molecule has 1 aromatic heterocycles. The zero-order valence-corrected chi connectivity index (χ0v) is 13.7. The molecule has 0 fully saturated rings. The summed E-state index contributed by atoms with van der Waals surface area (Å²) in [7, 11) is 0. The lowest BCUT2D eigenvalue weighted by Crippen LogP contribution is -2.35. The molecule has 7 heteroatoms. The molecule has 23 heavy (non-hydrogen) atoms. The number of nitrogens with zero attached hydrogens (tertiary/aromatic N) is 2. The SMILES string of the molecule is CC(C)(C)OC(=O)N1C=C(c2ccc(C(N)=NC=N)[nH]2)CCC1. The molecule has 0 saturated carbocycles. The van der Waals surface area contributed by atoms with Gasteiger partial charge in [-0.1, -0.05) is 0 Å². The van der Waals surface area contributed by atoms with Crippen molar-refractivity contribution in [2.45, 2.75) is 39.2 Å². The number of hydrogen-bond donors (Lipinski definition) is 3. The van der Waals surface area contributed by atoms with Gasteiger partial charge in [-0.3, -0.25) is 10.3 Å². The minimum absolute atomic E-state index is 0.256. The fourth-order valence-electron chi connectivity index (χ4n) is 2.30. The van der Waals surface area contributed by atoms with Crippen LogP contribution in [0.2, 0.25) is 0 Å². The van der Waals surface area contributed by atoms with Gasteiger partial charge in [-0.05, 0) is 51.3 Å². The van der Waals surface area contributed by atoms with E-state index in [4.69, 9.17) is 15.9 Å². The van der Waals surface area contributed by atoms with Gasteiger partial charge < -0.3 is 15.5 Å². The van der Waals surface area contributed by atoms with E-state index in [0.29, 0.717) is 12.2 Å². The topological polar surface area (TPSA) is 108 Å². The first-order valence-corrected chi connectivity index (χ1v) is 7.52. The number of aromatic nitrogens is 1. The van der Waals surface area contributed by atoms with Crippen LogP contribution in [0.25, 0.3) is 5.57 Å². The molecule has 1 aliphatic heterocycles. The number of hydrogen-bond acceptors (Lipinski definition) is 3. The number of carbonyl (C=O) groups is 1. The van der Waals surface area contributed by atoms with Crippen molar-refractivity contribution < 1.29 is 9.53 Å². The molecule has 0 unspecified atom stereocenters. The van der Waals surface area contributed by atoms with E-state index in [9.17, 15) is 4.79 Å². The Labute approximate surface area is 135 Å².